The van der Waals surface area contributed by atoms with Gasteiger partial charge in [0.25, 0.3) is 0 Å². The molecule has 0 aromatic carbocycles. The van der Waals surface area contributed by atoms with E-state index in [1.54, 1.807) is 0 Å². The van der Waals surface area contributed by atoms with Crippen LogP contribution in [0, 0.1) is 22.7 Å². The van der Waals surface area contributed by atoms with Crippen LogP contribution in [-0.4, -0.2) is 28.9 Å². The molecule has 2 heterocycles. The Morgan fingerprint density at radius 2 is 2.05 bits per heavy atom. The molecular weight excluding hydrogens is 274 g/mol. The summed E-state index contributed by atoms with van der Waals surface area (Å²) in [5.41, 5.74) is 0.547. The minimum absolute atomic E-state index is 0.0897. The zero-order valence-electron chi connectivity index (χ0n) is 13.0. The average Bonchev–Trinajstić information content (AvgIpc) is 3.04. The summed E-state index contributed by atoms with van der Waals surface area (Å²) in [7, 11) is 0. The summed E-state index contributed by atoms with van der Waals surface area (Å²) >= 11 is 0. The van der Waals surface area contributed by atoms with Crippen LogP contribution in [0.15, 0.2) is 24.5 Å². The van der Waals surface area contributed by atoms with Crippen molar-refractivity contribution in [2.75, 3.05) is 13.1 Å². The fourth-order valence-electron chi connectivity index (χ4n) is 3.87. The first kappa shape index (κ1) is 15.0. The van der Waals surface area contributed by atoms with E-state index >= 15 is 0 Å². The van der Waals surface area contributed by atoms with Crippen LogP contribution in [0.1, 0.15) is 44.1 Å². The molecule has 1 saturated heterocycles. The Morgan fingerprint density at radius 1 is 1.32 bits per heavy atom. The number of likely N-dealkylation sites (tertiary alicyclic amines) is 1. The van der Waals surface area contributed by atoms with Crippen LogP contribution >= 0.6 is 0 Å². The van der Waals surface area contributed by atoms with Crippen LogP contribution in [0.2, 0.25) is 0 Å². The van der Waals surface area contributed by atoms with E-state index in [1.807, 2.05) is 29.4 Å². The number of nitrogens with zero attached hydrogens (tertiary/aromatic N) is 3. The lowest BCUT2D eigenvalue weighted by Crippen LogP contribution is -2.43. The lowest BCUT2D eigenvalue weighted by atomic mass is 9.74. The van der Waals surface area contributed by atoms with Crippen LogP contribution in [0.4, 0.5) is 0 Å². The maximum Gasteiger partial charge on any atom is 0.243 e. The fraction of sp³-hybridized carbons (Fsp3) is 0.611. The summed E-state index contributed by atoms with van der Waals surface area (Å²) in [5, 5.41) is 9.57. The Morgan fingerprint density at radius 3 is 2.73 bits per heavy atom. The van der Waals surface area contributed by atoms with E-state index in [0.717, 1.165) is 58.0 Å². The first-order chi connectivity index (χ1) is 10.7. The second kappa shape index (κ2) is 6.48. The second-order valence-corrected chi connectivity index (χ2v) is 6.72. The van der Waals surface area contributed by atoms with Gasteiger partial charge in [-0.25, -0.2) is 0 Å². The van der Waals surface area contributed by atoms with Gasteiger partial charge in [-0.05, 0) is 49.3 Å². The molecule has 4 heteroatoms. The molecule has 0 bridgehead atoms. The molecular formula is C18H23N3O. The van der Waals surface area contributed by atoms with Crippen LogP contribution < -0.4 is 0 Å². The lowest BCUT2D eigenvalue weighted by Gasteiger charge is -2.33. The number of carbonyl (C=O) groups is 1. The SMILES string of the molecule is N#CC1(C(=O)N2CCC(Cc3ccncc3)C2)CCCCC1. The third-order valence-corrected chi connectivity index (χ3v) is 5.18. The topological polar surface area (TPSA) is 57.0 Å². The van der Waals surface area contributed by atoms with Gasteiger partial charge in [-0.2, -0.15) is 5.26 Å². The molecule has 1 aromatic heterocycles. The maximum absolute atomic E-state index is 12.8. The van der Waals surface area contributed by atoms with Gasteiger partial charge in [0.1, 0.15) is 5.41 Å². The van der Waals surface area contributed by atoms with E-state index in [1.165, 1.54) is 5.56 Å². The minimum atomic E-state index is -0.732. The predicted octanol–water partition coefficient (Wildman–Crippen LogP) is 2.95. The quantitative estimate of drug-likeness (QED) is 0.862. The number of nitriles is 1. The molecule has 116 valence electrons. The molecule has 1 atom stereocenters. The minimum Gasteiger partial charge on any atom is -0.341 e. The standard InChI is InChI=1S/C18H23N3O/c19-14-18(7-2-1-3-8-18)17(22)21-11-6-16(13-21)12-15-4-9-20-10-5-15/h4-5,9-10,16H,1-3,6-8,11-13H2. The number of amides is 1. The van der Waals surface area contributed by atoms with Crippen LogP contribution in [0.5, 0.6) is 0 Å². The van der Waals surface area contributed by atoms with Crippen molar-refractivity contribution in [3.8, 4) is 6.07 Å². The number of hydrogen-bond donors (Lipinski definition) is 0. The molecule has 1 aliphatic heterocycles. The van der Waals surface area contributed by atoms with Crippen molar-refractivity contribution in [1.29, 1.82) is 5.26 Å². The van der Waals surface area contributed by atoms with E-state index in [2.05, 4.69) is 11.1 Å². The smallest absolute Gasteiger partial charge is 0.243 e. The summed E-state index contributed by atoms with van der Waals surface area (Å²) in [5.74, 6) is 0.595. The Kier molecular flexibility index (Phi) is 4.42. The summed E-state index contributed by atoms with van der Waals surface area (Å²) in [6, 6.07) is 6.45. The van der Waals surface area contributed by atoms with Gasteiger partial charge in [0.05, 0.1) is 6.07 Å². The van der Waals surface area contributed by atoms with Crippen molar-refractivity contribution in [2.45, 2.75) is 44.9 Å². The largest absolute Gasteiger partial charge is 0.341 e. The molecule has 2 aliphatic rings. The van der Waals surface area contributed by atoms with Gasteiger partial charge in [0.2, 0.25) is 5.91 Å². The van der Waals surface area contributed by atoms with Gasteiger partial charge in [-0.15, -0.1) is 0 Å². The van der Waals surface area contributed by atoms with Crippen molar-refractivity contribution in [1.82, 2.24) is 9.88 Å². The zero-order valence-corrected chi connectivity index (χ0v) is 13.0. The summed E-state index contributed by atoms with van der Waals surface area (Å²) in [6.45, 7) is 1.60. The highest BCUT2D eigenvalue weighted by Gasteiger charge is 2.44. The first-order valence-corrected chi connectivity index (χ1v) is 8.33. The number of hydrogen-bond acceptors (Lipinski definition) is 3. The van der Waals surface area contributed by atoms with Crippen LogP contribution in [0.25, 0.3) is 0 Å². The lowest BCUT2D eigenvalue weighted by molar-refractivity contribution is -0.139. The van der Waals surface area contributed by atoms with E-state index in [4.69, 9.17) is 0 Å². The van der Waals surface area contributed by atoms with E-state index in [-0.39, 0.29) is 5.91 Å². The molecule has 1 amide bonds. The average molecular weight is 297 g/mol. The van der Waals surface area contributed by atoms with Gasteiger partial charge in [-0.3, -0.25) is 9.78 Å². The van der Waals surface area contributed by atoms with Crippen molar-refractivity contribution in [3.05, 3.63) is 30.1 Å². The maximum atomic E-state index is 12.8. The molecule has 1 unspecified atom stereocenters. The number of rotatable bonds is 3. The molecule has 1 aliphatic carbocycles. The molecule has 4 nitrogen and oxygen atoms in total. The van der Waals surface area contributed by atoms with Crippen LogP contribution in [-0.2, 0) is 11.2 Å². The van der Waals surface area contributed by atoms with Gasteiger partial charge in [-0.1, -0.05) is 19.3 Å². The first-order valence-electron chi connectivity index (χ1n) is 8.33. The molecule has 3 rings (SSSR count). The number of carbonyl (C=O) groups excluding carboxylic acids is 1. The normalized spacial score (nSPS) is 24.0. The van der Waals surface area contributed by atoms with Gasteiger partial charge >= 0.3 is 0 Å². The van der Waals surface area contributed by atoms with Crippen molar-refractivity contribution in [3.63, 3.8) is 0 Å². The van der Waals surface area contributed by atoms with Crippen LogP contribution in [0.3, 0.4) is 0 Å². The molecule has 1 saturated carbocycles. The van der Waals surface area contributed by atoms with Crippen molar-refractivity contribution < 1.29 is 4.79 Å². The van der Waals surface area contributed by atoms with E-state index in [9.17, 15) is 10.1 Å². The highest BCUT2D eigenvalue weighted by molar-refractivity contribution is 5.85. The monoisotopic (exact) mass is 297 g/mol. The molecule has 1 aromatic rings. The van der Waals surface area contributed by atoms with Gasteiger partial charge in [0, 0.05) is 25.5 Å². The van der Waals surface area contributed by atoms with E-state index < -0.39 is 5.41 Å². The van der Waals surface area contributed by atoms with Crippen molar-refractivity contribution >= 4 is 5.91 Å². The Bertz CT molecular complexity index is 557. The number of pyridine rings is 1. The Balaban J connectivity index is 1.62. The van der Waals surface area contributed by atoms with Gasteiger partial charge in [0.15, 0.2) is 0 Å². The molecule has 22 heavy (non-hydrogen) atoms. The molecule has 0 radical (unpaired) electrons. The third-order valence-electron chi connectivity index (χ3n) is 5.18. The van der Waals surface area contributed by atoms with E-state index in [0.29, 0.717) is 5.92 Å². The molecule has 2 fully saturated rings. The summed E-state index contributed by atoms with van der Waals surface area (Å²) in [4.78, 5) is 18.8. The van der Waals surface area contributed by atoms with Gasteiger partial charge < -0.3 is 4.90 Å². The fourth-order valence-corrected chi connectivity index (χ4v) is 3.87. The van der Waals surface area contributed by atoms with Crippen molar-refractivity contribution in [2.24, 2.45) is 11.3 Å². The summed E-state index contributed by atoms with van der Waals surface area (Å²) in [6.07, 6.45) is 10.3. The highest BCUT2D eigenvalue weighted by atomic mass is 16.2. The molecule has 0 N–H and O–H groups in total. The highest BCUT2D eigenvalue weighted by Crippen LogP contribution is 2.38. The second-order valence-electron chi connectivity index (χ2n) is 6.72. The summed E-state index contributed by atoms with van der Waals surface area (Å²) < 4.78 is 0. The Labute approximate surface area is 132 Å². The zero-order chi connectivity index (χ0) is 15.4. The Hall–Kier alpha value is -1.89. The third kappa shape index (κ3) is 2.99. The number of aromatic nitrogens is 1. The molecule has 0 spiro atoms. The predicted molar refractivity (Wildman–Crippen MR) is 83.8 cm³/mol.